The van der Waals surface area contributed by atoms with Gasteiger partial charge in [-0.2, -0.15) is 0 Å². The maximum atomic E-state index is 11.1. The van der Waals surface area contributed by atoms with Gasteiger partial charge >= 0.3 is 0 Å². The second kappa shape index (κ2) is 13.8. The molecule has 0 fully saturated rings. The minimum Gasteiger partial charge on any atom is -0.394 e. The molecular formula is C14H31N3O4. The summed E-state index contributed by atoms with van der Waals surface area (Å²) in [6, 6.07) is -0.689. The van der Waals surface area contributed by atoms with Crippen molar-refractivity contribution in [1.82, 2.24) is 10.2 Å². The molecule has 0 rings (SSSR count). The fourth-order valence-electron chi connectivity index (χ4n) is 1.71. The van der Waals surface area contributed by atoms with Crippen LogP contribution in [-0.2, 0) is 9.59 Å². The van der Waals surface area contributed by atoms with Crippen LogP contribution < -0.4 is 11.1 Å². The van der Waals surface area contributed by atoms with Gasteiger partial charge in [-0.15, -0.1) is 0 Å². The maximum Gasteiger partial charge on any atom is 0.241 e. The van der Waals surface area contributed by atoms with Gasteiger partial charge in [0.25, 0.3) is 0 Å². The number of carbonyl (C=O) groups excluding carboxylic acids is 2. The molecule has 0 aromatic carbocycles. The van der Waals surface area contributed by atoms with Crippen molar-refractivity contribution in [1.29, 1.82) is 0 Å². The molecule has 0 bridgehead atoms. The van der Waals surface area contributed by atoms with E-state index >= 15 is 0 Å². The van der Waals surface area contributed by atoms with E-state index in [0.717, 1.165) is 19.4 Å². The van der Waals surface area contributed by atoms with E-state index < -0.39 is 18.1 Å². The average molecular weight is 305 g/mol. The Balaban J connectivity index is 0. The van der Waals surface area contributed by atoms with Gasteiger partial charge in [0.15, 0.2) is 0 Å². The first kappa shape index (κ1) is 22.1. The van der Waals surface area contributed by atoms with Gasteiger partial charge < -0.3 is 26.2 Å². The highest BCUT2D eigenvalue weighted by atomic mass is 16.3. The highest BCUT2D eigenvalue weighted by molar-refractivity contribution is 5.85. The third-order valence-corrected chi connectivity index (χ3v) is 2.75. The van der Waals surface area contributed by atoms with Gasteiger partial charge in [0.1, 0.15) is 6.04 Å². The van der Waals surface area contributed by atoms with Crippen LogP contribution in [0.25, 0.3) is 0 Å². The summed E-state index contributed by atoms with van der Waals surface area (Å²) in [7, 11) is 1.83. The van der Waals surface area contributed by atoms with E-state index in [1.807, 2.05) is 25.8 Å². The number of aliphatic hydroxyl groups excluding tert-OH is 2. The molecule has 0 aromatic rings. The standard InChI is InChI=1S/C12H25N3O4.C2H6/c1-9(17)14-11(12(13)19)7-15(2)6-4-3-5-10(18)8-16;1-2/h10-11,16,18H,3-8H2,1-2H3,(H2,13,19)(H,14,17);1-2H3. The summed E-state index contributed by atoms with van der Waals surface area (Å²) in [5.74, 6) is -0.846. The van der Waals surface area contributed by atoms with Crippen molar-refractivity contribution < 1.29 is 19.8 Å². The number of unbranched alkanes of at least 4 members (excludes halogenated alkanes) is 1. The number of hydrogen-bond donors (Lipinski definition) is 4. The van der Waals surface area contributed by atoms with E-state index in [9.17, 15) is 9.59 Å². The van der Waals surface area contributed by atoms with Gasteiger partial charge in [-0.05, 0) is 32.9 Å². The molecule has 2 amide bonds. The Hall–Kier alpha value is -1.18. The predicted octanol–water partition coefficient (Wildman–Crippen LogP) is -0.542. The maximum absolute atomic E-state index is 11.1. The molecule has 0 aliphatic carbocycles. The number of likely N-dealkylation sites (N-methyl/N-ethyl adjacent to an activating group) is 1. The van der Waals surface area contributed by atoms with Gasteiger partial charge in [0.2, 0.25) is 11.8 Å². The molecular weight excluding hydrogens is 274 g/mol. The summed E-state index contributed by atoms with van der Waals surface area (Å²) in [5, 5.41) is 20.3. The highest BCUT2D eigenvalue weighted by Crippen LogP contribution is 2.02. The van der Waals surface area contributed by atoms with Gasteiger partial charge in [0.05, 0.1) is 12.7 Å². The minimum atomic E-state index is -0.689. The van der Waals surface area contributed by atoms with Crippen LogP contribution in [0, 0.1) is 0 Å². The predicted molar refractivity (Wildman–Crippen MR) is 82.6 cm³/mol. The Morgan fingerprint density at radius 1 is 1.29 bits per heavy atom. The fourth-order valence-corrected chi connectivity index (χ4v) is 1.71. The Bertz CT molecular complexity index is 287. The summed E-state index contributed by atoms with van der Waals surface area (Å²) in [6.45, 7) is 6.20. The minimum absolute atomic E-state index is 0.220. The molecule has 0 saturated heterocycles. The van der Waals surface area contributed by atoms with Crippen LogP contribution in [0.1, 0.15) is 40.0 Å². The molecule has 0 aromatic heterocycles. The van der Waals surface area contributed by atoms with E-state index in [1.165, 1.54) is 6.92 Å². The zero-order chi connectivity index (χ0) is 16.8. The first-order valence-corrected chi connectivity index (χ1v) is 7.40. The van der Waals surface area contributed by atoms with E-state index in [2.05, 4.69) is 5.32 Å². The molecule has 0 aliphatic heterocycles. The smallest absolute Gasteiger partial charge is 0.241 e. The molecule has 126 valence electrons. The van der Waals surface area contributed by atoms with Crippen molar-refractivity contribution in [2.45, 2.75) is 52.2 Å². The molecule has 5 N–H and O–H groups in total. The summed E-state index contributed by atoms with van der Waals surface area (Å²) in [4.78, 5) is 24.0. The molecule has 0 radical (unpaired) electrons. The van der Waals surface area contributed by atoms with Crippen molar-refractivity contribution in [2.75, 3.05) is 26.7 Å². The van der Waals surface area contributed by atoms with E-state index in [1.54, 1.807) is 0 Å². The molecule has 0 heterocycles. The zero-order valence-electron chi connectivity index (χ0n) is 13.6. The SMILES string of the molecule is CC.CC(=O)NC(CN(C)CCCCC(O)CO)C(N)=O. The van der Waals surface area contributed by atoms with Crippen molar-refractivity contribution >= 4 is 11.8 Å². The first-order chi connectivity index (χ1) is 9.86. The number of nitrogens with two attached hydrogens (primary N) is 1. The fraction of sp³-hybridized carbons (Fsp3) is 0.857. The second-order valence-corrected chi connectivity index (χ2v) is 4.75. The Morgan fingerprint density at radius 2 is 1.86 bits per heavy atom. The van der Waals surface area contributed by atoms with Crippen molar-refractivity contribution in [3.8, 4) is 0 Å². The van der Waals surface area contributed by atoms with E-state index in [0.29, 0.717) is 13.0 Å². The summed E-state index contributed by atoms with van der Waals surface area (Å²) < 4.78 is 0. The number of nitrogens with one attached hydrogen (secondary N) is 1. The van der Waals surface area contributed by atoms with Gasteiger partial charge in [-0.25, -0.2) is 0 Å². The molecule has 21 heavy (non-hydrogen) atoms. The lowest BCUT2D eigenvalue weighted by Gasteiger charge is -2.22. The summed E-state index contributed by atoms with van der Waals surface area (Å²) in [5.41, 5.74) is 5.20. The number of primary amides is 1. The van der Waals surface area contributed by atoms with Gasteiger partial charge in [-0.1, -0.05) is 13.8 Å². The topological polar surface area (TPSA) is 116 Å². The van der Waals surface area contributed by atoms with Gasteiger partial charge in [0, 0.05) is 13.5 Å². The van der Waals surface area contributed by atoms with Crippen LogP contribution in [-0.4, -0.2) is 65.8 Å². The first-order valence-electron chi connectivity index (χ1n) is 7.40. The van der Waals surface area contributed by atoms with E-state index in [-0.39, 0.29) is 12.5 Å². The highest BCUT2D eigenvalue weighted by Gasteiger charge is 2.18. The van der Waals surface area contributed by atoms with Crippen molar-refractivity contribution in [3.05, 3.63) is 0 Å². The molecule has 2 unspecified atom stereocenters. The lowest BCUT2D eigenvalue weighted by atomic mass is 10.1. The largest absolute Gasteiger partial charge is 0.394 e. The number of carbonyl (C=O) groups is 2. The number of nitrogens with zero attached hydrogens (tertiary/aromatic N) is 1. The third-order valence-electron chi connectivity index (χ3n) is 2.75. The summed E-state index contributed by atoms with van der Waals surface area (Å²) >= 11 is 0. The zero-order valence-corrected chi connectivity index (χ0v) is 13.6. The molecule has 0 saturated carbocycles. The third kappa shape index (κ3) is 13.6. The van der Waals surface area contributed by atoms with Crippen LogP contribution in [0.5, 0.6) is 0 Å². The Kier molecular flexibility index (Phi) is 14.5. The molecule has 0 spiro atoms. The molecule has 7 nitrogen and oxygen atoms in total. The Morgan fingerprint density at radius 3 is 2.29 bits per heavy atom. The van der Waals surface area contributed by atoms with Crippen LogP contribution in [0.2, 0.25) is 0 Å². The molecule has 2 atom stereocenters. The van der Waals surface area contributed by atoms with Crippen LogP contribution in [0.15, 0.2) is 0 Å². The van der Waals surface area contributed by atoms with Crippen molar-refractivity contribution in [3.63, 3.8) is 0 Å². The van der Waals surface area contributed by atoms with Crippen LogP contribution in [0.4, 0.5) is 0 Å². The lowest BCUT2D eigenvalue weighted by Crippen LogP contribution is -2.50. The van der Waals surface area contributed by atoms with Gasteiger partial charge in [-0.3, -0.25) is 9.59 Å². The Labute approximate surface area is 127 Å². The van der Waals surface area contributed by atoms with E-state index in [4.69, 9.17) is 15.9 Å². The summed E-state index contributed by atoms with van der Waals surface area (Å²) in [6.07, 6.45) is 1.50. The van der Waals surface area contributed by atoms with Crippen LogP contribution in [0.3, 0.4) is 0 Å². The van der Waals surface area contributed by atoms with Crippen LogP contribution >= 0.6 is 0 Å². The average Bonchev–Trinajstić information content (AvgIpc) is 2.44. The number of aliphatic hydroxyl groups is 2. The van der Waals surface area contributed by atoms with Crippen molar-refractivity contribution in [2.24, 2.45) is 5.73 Å². The number of rotatable bonds is 10. The quantitative estimate of drug-likeness (QED) is 0.404. The normalized spacial score (nSPS) is 13.1. The number of hydrogen-bond acceptors (Lipinski definition) is 5. The number of amides is 2. The monoisotopic (exact) mass is 305 g/mol. The molecule has 7 heteroatoms. The lowest BCUT2D eigenvalue weighted by molar-refractivity contribution is -0.126. The molecule has 0 aliphatic rings. The second-order valence-electron chi connectivity index (χ2n) is 4.75.